The molecule has 3 amide bonds. The molecule has 146 valence electrons. The lowest BCUT2D eigenvalue weighted by Crippen LogP contribution is -2.52. The fourth-order valence-corrected chi connectivity index (χ4v) is 4.98. The van der Waals surface area contributed by atoms with Crippen molar-refractivity contribution in [2.75, 3.05) is 12.3 Å². The van der Waals surface area contributed by atoms with Gasteiger partial charge in [-0.1, -0.05) is 12.5 Å². The second-order valence-corrected chi connectivity index (χ2v) is 8.47. The number of imide groups is 1. The van der Waals surface area contributed by atoms with Gasteiger partial charge in [0.25, 0.3) is 5.91 Å². The van der Waals surface area contributed by atoms with Gasteiger partial charge in [-0.05, 0) is 55.5 Å². The molecule has 0 radical (unpaired) electrons. The molecule has 2 unspecified atom stereocenters. The van der Waals surface area contributed by atoms with Crippen molar-refractivity contribution < 1.29 is 18.9 Å². The van der Waals surface area contributed by atoms with Gasteiger partial charge in [-0.3, -0.25) is 19.7 Å². The van der Waals surface area contributed by atoms with Gasteiger partial charge < -0.3 is 15.2 Å². The first-order valence-electron chi connectivity index (χ1n) is 9.38. The van der Waals surface area contributed by atoms with Crippen LogP contribution in [0.3, 0.4) is 0 Å². The average molecular weight is 391 g/mol. The molecule has 3 rings (SSSR count). The maximum Gasteiger partial charge on any atom is 0.255 e. The number of fused-ring (bicyclic) bond motifs is 1. The van der Waals surface area contributed by atoms with Crippen LogP contribution >= 0.6 is 0 Å². The lowest BCUT2D eigenvalue weighted by Gasteiger charge is -2.29. The number of carbonyl (C=O) groups excluding carboxylic acids is 3. The fraction of sp³-hybridized carbons (Fsp3) is 0.526. The summed E-state index contributed by atoms with van der Waals surface area (Å²) in [5.41, 5.74) is 6.74. The molecule has 1 aromatic carbocycles. The predicted molar refractivity (Wildman–Crippen MR) is 101 cm³/mol. The van der Waals surface area contributed by atoms with Gasteiger partial charge in [0.05, 0.1) is 6.54 Å². The minimum atomic E-state index is -1.18. The van der Waals surface area contributed by atoms with E-state index in [1.54, 1.807) is 18.2 Å². The third-order valence-corrected chi connectivity index (χ3v) is 6.60. The van der Waals surface area contributed by atoms with Crippen LogP contribution in [0.4, 0.5) is 0 Å². The molecule has 0 bridgehead atoms. The van der Waals surface area contributed by atoms with Gasteiger partial charge in [0, 0.05) is 17.5 Å². The minimum absolute atomic E-state index is 0.220. The zero-order valence-corrected chi connectivity index (χ0v) is 16.1. The summed E-state index contributed by atoms with van der Waals surface area (Å²) < 4.78 is 12.8. The Balaban J connectivity index is 1.70. The molecule has 0 saturated carbocycles. The van der Waals surface area contributed by atoms with Gasteiger partial charge in [0.2, 0.25) is 11.8 Å². The SMILES string of the molecule is NCCCCCC[S+]([O-])c1cccc2c1CN(C1CCC(=O)NC1=O)C2=O. The summed E-state index contributed by atoms with van der Waals surface area (Å²) in [5, 5.41) is 2.29. The van der Waals surface area contributed by atoms with Crippen LogP contribution < -0.4 is 11.1 Å². The van der Waals surface area contributed by atoms with Gasteiger partial charge in [-0.15, -0.1) is 0 Å². The van der Waals surface area contributed by atoms with Crippen molar-refractivity contribution in [3.8, 4) is 0 Å². The number of nitrogens with one attached hydrogen (secondary N) is 1. The average Bonchev–Trinajstić information content (AvgIpc) is 2.98. The molecule has 2 atom stereocenters. The van der Waals surface area contributed by atoms with Crippen molar-refractivity contribution in [1.29, 1.82) is 0 Å². The van der Waals surface area contributed by atoms with Crippen molar-refractivity contribution >= 4 is 28.9 Å². The van der Waals surface area contributed by atoms with E-state index < -0.39 is 23.1 Å². The Kier molecular flexibility index (Phi) is 6.51. The van der Waals surface area contributed by atoms with Gasteiger partial charge in [0.1, 0.15) is 11.8 Å². The van der Waals surface area contributed by atoms with Crippen molar-refractivity contribution in [1.82, 2.24) is 10.2 Å². The van der Waals surface area contributed by atoms with E-state index in [1.807, 2.05) is 0 Å². The van der Waals surface area contributed by atoms with E-state index >= 15 is 0 Å². The van der Waals surface area contributed by atoms with Gasteiger partial charge >= 0.3 is 0 Å². The maximum absolute atomic E-state index is 12.8. The van der Waals surface area contributed by atoms with Crippen LogP contribution in [0.25, 0.3) is 0 Å². The Morgan fingerprint density at radius 1 is 1.19 bits per heavy atom. The first-order chi connectivity index (χ1) is 13.0. The number of unbranched alkanes of at least 4 members (excludes halogenated alkanes) is 3. The molecule has 1 saturated heterocycles. The molecule has 1 fully saturated rings. The number of amides is 3. The lowest BCUT2D eigenvalue weighted by molar-refractivity contribution is -0.136. The summed E-state index contributed by atoms with van der Waals surface area (Å²) >= 11 is -1.18. The van der Waals surface area contributed by atoms with Crippen LogP contribution in [-0.4, -0.2) is 45.5 Å². The van der Waals surface area contributed by atoms with E-state index in [9.17, 15) is 18.9 Å². The summed E-state index contributed by atoms with van der Waals surface area (Å²) in [6.45, 7) is 0.934. The number of carbonyl (C=O) groups is 3. The first kappa shape index (κ1) is 19.9. The molecule has 7 nitrogen and oxygen atoms in total. The van der Waals surface area contributed by atoms with Gasteiger partial charge in [-0.2, -0.15) is 0 Å². The van der Waals surface area contributed by atoms with Crippen molar-refractivity contribution in [3.05, 3.63) is 29.3 Å². The molecular weight excluding hydrogens is 366 g/mol. The zero-order chi connectivity index (χ0) is 19.4. The van der Waals surface area contributed by atoms with Crippen molar-refractivity contribution in [2.24, 2.45) is 5.73 Å². The smallest absolute Gasteiger partial charge is 0.255 e. The Morgan fingerprint density at radius 3 is 2.70 bits per heavy atom. The largest absolute Gasteiger partial charge is 0.611 e. The number of hydrogen-bond acceptors (Lipinski definition) is 5. The Hall–Kier alpha value is -1.90. The number of rotatable bonds is 8. The predicted octanol–water partition coefficient (Wildman–Crippen LogP) is 1.07. The molecule has 27 heavy (non-hydrogen) atoms. The second kappa shape index (κ2) is 8.86. The Morgan fingerprint density at radius 2 is 1.96 bits per heavy atom. The van der Waals surface area contributed by atoms with Crippen LogP contribution in [0.2, 0.25) is 0 Å². The Labute approximate surface area is 161 Å². The normalized spacial score (nSPS) is 20.6. The Bertz CT molecular complexity index is 740. The van der Waals surface area contributed by atoms with E-state index in [0.717, 1.165) is 31.2 Å². The molecule has 0 spiro atoms. The van der Waals surface area contributed by atoms with Crippen molar-refractivity contribution in [3.63, 3.8) is 0 Å². The summed E-state index contributed by atoms with van der Waals surface area (Å²) in [6, 6.07) is 4.61. The van der Waals surface area contributed by atoms with E-state index in [0.29, 0.717) is 29.2 Å². The minimum Gasteiger partial charge on any atom is -0.611 e. The highest BCUT2D eigenvalue weighted by Crippen LogP contribution is 2.32. The quantitative estimate of drug-likeness (QED) is 0.391. The standard InChI is InChI=1S/C19H25N3O4S/c20-10-3-1-2-4-11-27(26)16-7-5-6-13-14(16)12-22(19(13)25)15-8-9-17(23)21-18(15)24/h5-7,15H,1-4,8-12,20H2,(H,21,23,24). The fourth-order valence-electron chi connectivity index (χ4n) is 3.61. The highest BCUT2D eigenvalue weighted by Gasteiger charge is 2.41. The molecule has 2 heterocycles. The van der Waals surface area contributed by atoms with Crippen LogP contribution in [0.5, 0.6) is 0 Å². The molecule has 2 aliphatic rings. The number of piperidine rings is 1. The first-order valence-corrected chi connectivity index (χ1v) is 10.7. The lowest BCUT2D eigenvalue weighted by atomic mass is 10.0. The van der Waals surface area contributed by atoms with Crippen LogP contribution in [-0.2, 0) is 27.3 Å². The summed E-state index contributed by atoms with van der Waals surface area (Å²) in [5.74, 6) is -0.429. The number of hydrogen-bond donors (Lipinski definition) is 2. The molecular formula is C19H25N3O4S. The second-order valence-electron chi connectivity index (χ2n) is 6.93. The van der Waals surface area contributed by atoms with E-state index in [4.69, 9.17) is 5.73 Å². The molecule has 3 N–H and O–H groups in total. The van der Waals surface area contributed by atoms with E-state index in [1.165, 1.54) is 4.90 Å². The summed E-state index contributed by atoms with van der Waals surface area (Å²) in [6.07, 6.45) is 4.38. The molecule has 0 aromatic heterocycles. The number of nitrogens with zero attached hydrogens (tertiary/aromatic N) is 1. The molecule has 0 aliphatic carbocycles. The van der Waals surface area contributed by atoms with Gasteiger partial charge in [0.15, 0.2) is 4.90 Å². The van der Waals surface area contributed by atoms with Crippen LogP contribution in [0, 0.1) is 0 Å². The number of benzene rings is 1. The molecule has 2 aliphatic heterocycles. The molecule has 1 aromatic rings. The monoisotopic (exact) mass is 391 g/mol. The van der Waals surface area contributed by atoms with Crippen LogP contribution in [0.15, 0.2) is 23.1 Å². The summed E-state index contributed by atoms with van der Waals surface area (Å²) in [7, 11) is 0. The van der Waals surface area contributed by atoms with Crippen molar-refractivity contribution in [2.45, 2.75) is 56.0 Å². The number of nitrogens with two attached hydrogens (primary N) is 1. The van der Waals surface area contributed by atoms with Crippen LogP contribution in [0.1, 0.15) is 54.4 Å². The third kappa shape index (κ3) is 4.34. The zero-order valence-electron chi connectivity index (χ0n) is 15.2. The van der Waals surface area contributed by atoms with Gasteiger partial charge in [-0.25, -0.2) is 0 Å². The highest BCUT2D eigenvalue weighted by atomic mass is 32.2. The highest BCUT2D eigenvalue weighted by molar-refractivity contribution is 7.91. The topological polar surface area (TPSA) is 116 Å². The summed E-state index contributed by atoms with van der Waals surface area (Å²) in [4.78, 5) is 38.5. The van der Waals surface area contributed by atoms with E-state index in [2.05, 4.69) is 5.32 Å². The third-order valence-electron chi connectivity index (χ3n) is 5.07. The van der Waals surface area contributed by atoms with E-state index in [-0.39, 0.29) is 24.8 Å². The maximum atomic E-state index is 12.8. The molecule has 8 heteroatoms.